The first kappa shape index (κ1) is 16.6. The summed E-state index contributed by atoms with van der Waals surface area (Å²) in [6.45, 7) is 4.65. The maximum Gasteiger partial charge on any atom is 0.336 e. The van der Waals surface area contributed by atoms with Crippen molar-refractivity contribution in [2.45, 2.75) is 26.2 Å². The van der Waals surface area contributed by atoms with Crippen LogP contribution < -0.4 is 10.4 Å². The van der Waals surface area contributed by atoms with Gasteiger partial charge in [-0.15, -0.1) is 0 Å². The molecule has 0 atom stereocenters. The summed E-state index contributed by atoms with van der Waals surface area (Å²) in [6.07, 6.45) is 0.640. The first-order valence-corrected chi connectivity index (χ1v) is 8.41. The smallest absolute Gasteiger partial charge is 0.336 e. The lowest BCUT2D eigenvalue weighted by Crippen LogP contribution is -2.02. The third-order valence-electron chi connectivity index (χ3n) is 3.55. The van der Waals surface area contributed by atoms with Gasteiger partial charge in [0.25, 0.3) is 5.19 Å². The molecule has 0 spiro atoms. The molecule has 2 heterocycles. The lowest BCUT2D eigenvalue weighted by Gasteiger charge is -2.09. The summed E-state index contributed by atoms with van der Waals surface area (Å²) in [5, 5.41) is 1.36. The number of nitrogens with zero attached hydrogens (tertiary/aromatic N) is 2. The van der Waals surface area contributed by atoms with E-state index in [4.69, 9.17) is 13.9 Å². The zero-order valence-electron chi connectivity index (χ0n) is 13.7. The first-order valence-electron chi connectivity index (χ1n) is 7.64. The van der Waals surface area contributed by atoms with Gasteiger partial charge in [0.05, 0.1) is 6.61 Å². The van der Waals surface area contributed by atoms with E-state index in [2.05, 4.69) is 9.36 Å². The molecule has 0 radical (unpaired) electrons. The highest BCUT2D eigenvalue weighted by Crippen LogP contribution is 2.29. The fourth-order valence-electron chi connectivity index (χ4n) is 2.38. The topological polar surface area (TPSA) is 74.5 Å². The number of rotatable bonds is 6. The van der Waals surface area contributed by atoms with Crippen LogP contribution in [0.15, 0.2) is 33.5 Å². The van der Waals surface area contributed by atoms with Gasteiger partial charge in [0.1, 0.15) is 17.2 Å². The van der Waals surface area contributed by atoms with Crippen LogP contribution >= 0.6 is 11.5 Å². The number of hydrogen-bond acceptors (Lipinski definition) is 7. The van der Waals surface area contributed by atoms with Gasteiger partial charge in [-0.25, -0.2) is 4.79 Å². The van der Waals surface area contributed by atoms with E-state index < -0.39 is 0 Å². The number of methoxy groups -OCH3 is 1. The van der Waals surface area contributed by atoms with E-state index in [1.54, 1.807) is 19.2 Å². The van der Waals surface area contributed by atoms with Crippen molar-refractivity contribution in [3.63, 3.8) is 0 Å². The number of aromatic nitrogens is 2. The predicted octanol–water partition coefficient (Wildman–Crippen LogP) is 3.75. The summed E-state index contributed by atoms with van der Waals surface area (Å²) in [5.74, 6) is 1.47. The minimum Gasteiger partial charge on any atom is -0.430 e. The molecule has 0 N–H and O–H groups in total. The Balaban J connectivity index is 1.88. The second kappa shape index (κ2) is 7.11. The zero-order valence-corrected chi connectivity index (χ0v) is 14.6. The number of hydrogen-bond donors (Lipinski definition) is 0. The van der Waals surface area contributed by atoms with Crippen LogP contribution in [0.3, 0.4) is 0 Å². The van der Waals surface area contributed by atoms with Crippen LogP contribution in [0.25, 0.3) is 11.0 Å². The van der Waals surface area contributed by atoms with Crippen molar-refractivity contribution >= 4 is 22.5 Å². The Morgan fingerprint density at radius 1 is 1.29 bits per heavy atom. The van der Waals surface area contributed by atoms with Crippen LogP contribution in [-0.4, -0.2) is 23.1 Å². The molecule has 0 aliphatic heterocycles. The molecule has 0 amide bonds. The van der Waals surface area contributed by atoms with Crippen molar-refractivity contribution in [3.05, 3.63) is 46.1 Å². The third kappa shape index (κ3) is 3.63. The fraction of sp³-hybridized carbons (Fsp3) is 0.353. The van der Waals surface area contributed by atoms with Crippen molar-refractivity contribution in [3.8, 4) is 10.9 Å². The second-order valence-electron chi connectivity index (χ2n) is 5.65. The van der Waals surface area contributed by atoms with Crippen LogP contribution in [0.2, 0.25) is 0 Å². The van der Waals surface area contributed by atoms with Crippen LogP contribution in [0.5, 0.6) is 10.9 Å². The SMILES string of the molecule is COCCc1nsc(Oc2ccc3c(C(C)C)cc(=O)oc3c2)n1. The second-order valence-corrected chi connectivity index (χ2v) is 6.37. The number of benzene rings is 1. The Morgan fingerprint density at radius 3 is 2.88 bits per heavy atom. The Morgan fingerprint density at radius 2 is 2.12 bits per heavy atom. The summed E-state index contributed by atoms with van der Waals surface area (Å²) < 4.78 is 20.3. The average Bonchev–Trinajstić information content (AvgIpc) is 2.99. The minimum absolute atomic E-state index is 0.231. The maximum absolute atomic E-state index is 11.7. The third-order valence-corrected chi connectivity index (χ3v) is 4.19. The van der Waals surface area contributed by atoms with Crippen molar-refractivity contribution in [1.82, 2.24) is 9.36 Å². The van der Waals surface area contributed by atoms with Crippen molar-refractivity contribution in [1.29, 1.82) is 0 Å². The molecule has 3 rings (SSSR count). The molecule has 2 aromatic heterocycles. The van der Waals surface area contributed by atoms with Gasteiger partial charge in [-0.3, -0.25) is 0 Å². The molecule has 24 heavy (non-hydrogen) atoms. The molecule has 1 aromatic carbocycles. The zero-order chi connectivity index (χ0) is 17.1. The lowest BCUT2D eigenvalue weighted by atomic mass is 10.00. The monoisotopic (exact) mass is 346 g/mol. The summed E-state index contributed by atoms with van der Waals surface area (Å²) in [7, 11) is 1.64. The van der Waals surface area contributed by atoms with Crippen LogP contribution in [0.4, 0.5) is 0 Å². The first-order chi connectivity index (χ1) is 11.6. The normalized spacial score (nSPS) is 11.3. The fourth-order valence-corrected chi connectivity index (χ4v) is 2.98. The van der Waals surface area contributed by atoms with Gasteiger partial charge in [0.2, 0.25) is 0 Å². The van der Waals surface area contributed by atoms with Gasteiger partial charge in [0.15, 0.2) is 0 Å². The summed E-state index contributed by atoms with van der Waals surface area (Å²) in [6, 6.07) is 6.99. The highest BCUT2D eigenvalue weighted by Gasteiger charge is 2.11. The van der Waals surface area contributed by atoms with Crippen LogP contribution in [-0.2, 0) is 11.2 Å². The van der Waals surface area contributed by atoms with Crippen molar-refractivity contribution in [2.24, 2.45) is 0 Å². The Labute approximate surface area is 143 Å². The standard InChI is InChI=1S/C17H18N2O4S/c1-10(2)13-9-16(20)23-14-8-11(4-5-12(13)14)22-17-18-15(19-24-17)6-7-21-3/h4-5,8-10H,6-7H2,1-3H3. The van der Waals surface area contributed by atoms with Gasteiger partial charge in [0, 0.05) is 42.6 Å². The molecule has 0 saturated heterocycles. The summed E-state index contributed by atoms with van der Waals surface area (Å²) >= 11 is 1.18. The van der Waals surface area contributed by atoms with Crippen LogP contribution in [0, 0.1) is 0 Å². The van der Waals surface area contributed by atoms with E-state index in [-0.39, 0.29) is 11.5 Å². The largest absolute Gasteiger partial charge is 0.430 e. The average molecular weight is 346 g/mol. The highest BCUT2D eigenvalue weighted by atomic mass is 32.1. The van der Waals surface area contributed by atoms with E-state index in [0.717, 1.165) is 10.9 Å². The van der Waals surface area contributed by atoms with E-state index in [1.807, 2.05) is 26.0 Å². The van der Waals surface area contributed by atoms with Crippen molar-refractivity contribution in [2.75, 3.05) is 13.7 Å². The van der Waals surface area contributed by atoms with E-state index in [1.165, 1.54) is 11.5 Å². The van der Waals surface area contributed by atoms with Gasteiger partial charge in [-0.2, -0.15) is 9.36 Å². The van der Waals surface area contributed by atoms with Crippen molar-refractivity contribution < 1.29 is 13.9 Å². The quantitative estimate of drug-likeness (QED) is 0.633. The predicted molar refractivity (Wildman–Crippen MR) is 92.1 cm³/mol. The van der Waals surface area contributed by atoms with E-state index in [9.17, 15) is 4.79 Å². The van der Waals surface area contributed by atoms with E-state index in [0.29, 0.717) is 35.4 Å². The Bertz CT molecular complexity index is 901. The molecule has 0 bridgehead atoms. The molecule has 0 unspecified atom stereocenters. The molecule has 0 aliphatic carbocycles. The van der Waals surface area contributed by atoms with Crippen LogP contribution in [0.1, 0.15) is 31.2 Å². The maximum atomic E-state index is 11.7. The Hall–Kier alpha value is -2.25. The lowest BCUT2D eigenvalue weighted by molar-refractivity contribution is 0.200. The minimum atomic E-state index is -0.360. The molecule has 3 aromatic rings. The molecular formula is C17H18N2O4S. The molecule has 0 fully saturated rings. The molecule has 126 valence electrons. The van der Waals surface area contributed by atoms with Gasteiger partial charge >= 0.3 is 5.63 Å². The number of fused-ring (bicyclic) bond motifs is 1. The van der Waals surface area contributed by atoms with Gasteiger partial charge in [-0.05, 0) is 23.6 Å². The molecular weight excluding hydrogens is 328 g/mol. The number of ether oxygens (including phenoxy) is 2. The van der Waals surface area contributed by atoms with E-state index >= 15 is 0 Å². The highest BCUT2D eigenvalue weighted by molar-refractivity contribution is 7.07. The molecule has 7 heteroatoms. The van der Waals surface area contributed by atoms with Gasteiger partial charge in [-0.1, -0.05) is 13.8 Å². The molecule has 0 aliphatic rings. The summed E-state index contributed by atoms with van der Waals surface area (Å²) in [4.78, 5) is 16.0. The summed E-state index contributed by atoms with van der Waals surface area (Å²) in [5.41, 5.74) is 1.11. The Kier molecular flexibility index (Phi) is 4.92. The molecule has 6 nitrogen and oxygen atoms in total. The molecule has 0 saturated carbocycles. The van der Waals surface area contributed by atoms with Gasteiger partial charge < -0.3 is 13.9 Å².